The van der Waals surface area contributed by atoms with Crippen LogP contribution in [0.4, 0.5) is 0 Å². The van der Waals surface area contributed by atoms with Gasteiger partial charge in [-0.25, -0.2) is 0 Å². The molecule has 0 aliphatic heterocycles. The number of amides is 1. The lowest BCUT2D eigenvalue weighted by Gasteiger charge is -2.09. The number of methoxy groups -OCH3 is 1. The number of rotatable bonds is 8. The average molecular weight is 277 g/mol. The van der Waals surface area contributed by atoms with Crippen molar-refractivity contribution in [1.29, 1.82) is 0 Å². The average Bonchev–Trinajstić information content (AvgIpc) is 2.26. The summed E-state index contributed by atoms with van der Waals surface area (Å²) in [4.78, 5) is 22.6. The van der Waals surface area contributed by atoms with E-state index in [-0.39, 0.29) is 17.4 Å². The molecule has 0 aliphatic rings. The minimum Gasteiger partial charge on any atom is -0.469 e. The van der Waals surface area contributed by atoms with Crippen LogP contribution in [0.5, 0.6) is 0 Å². The molecule has 1 amide bonds. The molecule has 0 aromatic rings. The summed E-state index contributed by atoms with van der Waals surface area (Å²) in [6.07, 6.45) is 0.900. The summed E-state index contributed by atoms with van der Waals surface area (Å²) in [6, 6.07) is 0. The molecule has 6 heteroatoms. The standard InChI is InChI=1S/C12H23NO4S/c1-9(2)5-6-13-11(14)8-18(16)7-10(3)12(15)17-4/h9-10H,5-8H2,1-4H3,(H,13,14). The van der Waals surface area contributed by atoms with Crippen molar-refractivity contribution < 1.29 is 18.5 Å². The van der Waals surface area contributed by atoms with Gasteiger partial charge in [0.15, 0.2) is 0 Å². The van der Waals surface area contributed by atoms with E-state index in [1.807, 2.05) is 0 Å². The molecule has 2 atom stereocenters. The second-order valence-electron chi connectivity index (χ2n) is 4.71. The maximum absolute atomic E-state index is 11.6. The van der Waals surface area contributed by atoms with E-state index in [2.05, 4.69) is 23.9 Å². The maximum atomic E-state index is 11.6. The zero-order valence-corrected chi connectivity index (χ0v) is 12.3. The first-order chi connectivity index (χ1) is 8.36. The second-order valence-corrected chi connectivity index (χ2v) is 6.21. The van der Waals surface area contributed by atoms with Gasteiger partial charge in [-0.1, -0.05) is 20.8 Å². The Bertz CT molecular complexity index is 304. The zero-order chi connectivity index (χ0) is 14.1. The number of esters is 1. The van der Waals surface area contributed by atoms with Gasteiger partial charge < -0.3 is 10.1 Å². The van der Waals surface area contributed by atoms with Gasteiger partial charge >= 0.3 is 5.97 Å². The van der Waals surface area contributed by atoms with E-state index < -0.39 is 22.7 Å². The summed E-state index contributed by atoms with van der Waals surface area (Å²) in [6.45, 7) is 6.38. The summed E-state index contributed by atoms with van der Waals surface area (Å²) in [7, 11) is -0.0374. The van der Waals surface area contributed by atoms with E-state index >= 15 is 0 Å². The Morgan fingerprint density at radius 1 is 1.28 bits per heavy atom. The van der Waals surface area contributed by atoms with E-state index in [0.29, 0.717) is 12.5 Å². The van der Waals surface area contributed by atoms with Gasteiger partial charge in [-0.05, 0) is 12.3 Å². The van der Waals surface area contributed by atoms with Crippen molar-refractivity contribution in [2.45, 2.75) is 27.2 Å². The molecule has 0 fully saturated rings. The fraction of sp³-hybridized carbons (Fsp3) is 0.833. The van der Waals surface area contributed by atoms with Crippen molar-refractivity contribution in [2.24, 2.45) is 11.8 Å². The highest BCUT2D eigenvalue weighted by atomic mass is 32.2. The molecule has 0 spiro atoms. The molecule has 0 rings (SSSR count). The molecule has 0 heterocycles. The molecule has 2 unspecified atom stereocenters. The molecule has 18 heavy (non-hydrogen) atoms. The SMILES string of the molecule is COC(=O)C(C)CS(=O)CC(=O)NCCC(C)C. The second kappa shape index (κ2) is 9.08. The monoisotopic (exact) mass is 277 g/mol. The molecule has 0 saturated heterocycles. The van der Waals surface area contributed by atoms with Gasteiger partial charge in [0.25, 0.3) is 0 Å². The van der Waals surface area contributed by atoms with Crippen LogP contribution in [0.1, 0.15) is 27.2 Å². The fourth-order valence-electron chi connectivity index (χ4n) is 1.30. The fourth-order valence-corrected chi connectivity index (χ4v) is 2.51. The molecule has 0 saturated carbocycles. The van der Waals surface area contributed by atoms with Gasteiger partial charge in [0, 0.05) is 23.1 Å². The maximum Gasteiger partial charge on any atom is 0.309 e. The van der Waals surface area contributed by atoms with Gasteiger partial charge in [-0.2, -0.15) is 0 Å². The van der Waals surface area contributed by atoms with Crippen LogP contribution in [0.15, 0.2) is 0 Å². The van der Waals surface area contributed by atoms with E-state index in [0.717, 1.165) is 6.42 Å². The molecule has 0 aromatic carbocycles. The van der Waals surface area contributed by atoms with Crippen LogP contribution in [0.25, 0.3) is 0 Å². The Labute approximate surface area is 111 Å². The number of carbonyl (C=O) groups is 2. The Balaban J connectivity index is 3.87. The third-order valence-electron chi connectivity index (χ3n) is 2.38. The van der Waals surface area contributed by atoms with Crippen LogP contribution in [-0.2, 0) is 25.1 Å². The minimum absolute atomic E-state index is 0.0561. The first-order valence-corrected chi connectivity index (χ1v) is 7.55. The number of carbonyl (C=O) groups excluding carboxylic acids is 2. The highest BCUT2D eigenvalue weighted by Crippen LogP contribution is 2.01. The van der Waals surface area contributed by atoms with Crippen LogP contribution in [-0.4, -0.2) is 41.2 Å². The molecular formula is C12H23NO4S. The number of nitrogens with one attached hydrogen (secondary N) is 1. The Kier molecular flexibility index (Phi) is 8.62. The van der Waals surface area contributed by atoms with Crippen molar-refractivity contribution in [2.75, 3.05) is 25.2 Å². The number of hydrogen-bond acceptors (Lipinski definition) is 4. The molecule has 0 aliphatic carbocycles. The predicted molar refractivity (Wildman–Crippen MR) is 71.5 cm³/mol. The lowest BCUT2D eigenvalue weighted by Crippen LogP contribution is -2.31. The Hall–Kier alpha value is -0.910. The van der Waals surface area contributed by atoms with Crippen molar-refractivity contribution >= 4 is 22.7 Å². The van der Waals surface area contributed by atoms with E-state index in [1.165, 1.54) is 7.11 Å². The van der Waals surface area contributed by atoms with Gasteiger partial charge in [0.1, 0.15) is 5.75 Å². The summed E-state index contributed by atoms with van der Waals surface area (Å²) in [5, 5.41) is 2.71. The summed E-state index contributed by atoms with van der Waals surface area (Å²) in [5.74, 6) is -0.451. The van der Waals surface area contributed by atoms with Crippen molar-refractivity contribution in [3.05, 3.63) is 0 Å². The molecule has 5 nitrogen and oxygen atoms in total. The van der Waals surface area contributed by atoms with Crippen LogP contribution in [0.2, 0.25) is 0 Å². The van der Waals surface area contributed by atoms with Gasteiger partial charge in [0.05, 0.1) is 13.0 Å². The summed E-state index contributed by atoms with van der Waals surface area (Å²) >= 11 is 0. The number of ether oxygens (including phenoxy) is 1. The normalized spacial score (nSPS) is 14.1. The van der Waals surface area contributed by atoms with Crippen LogP contribution < -0.4 is 5.32 Å². The minimum atomic E-state index is -1.33. The molecular weight excluding hydrogens is 254 g/mol. The topological polar surface area (TPSA) is 72.5 Å². The lowest BCUT2D eigenvalue weighted by molar-refractivity contribution is -0.144. The Morgan fingerprint density at radius 3 is 2.39 bits per heavy atom. The highest BCUT2D eigenvalue weighted by Gasteiger charge is 2.18. The molecule has 106 valence electrons. The van der Waals surface area contributed by atoms with Gasteiger partial charge in [-0.3, -0.25) is 13.8 Å². The quantitative estimate of drug-likeness (QED) is 0.663. The molecule has 0 aromatic heterocycles. The molecule has 0 bridgehead atoms. The third-order valence-corrected chi connectivity index (χ3v) is 3.83. The number of hydrogen-bond donors (Lipinski definition) is 1. The van der Waals surface area contributed by atoms with Gasteiger partial charge in [-0.15, -0.1) is 0 Å². The van der Waals surface area contributed by atoms with E-state index in [9.17, 15) is 13.8 Å². The Morgan fingerprint density at radius 2 is 1.89 bits per heavy atom. The molecule has 1 N–H and O–H groups in total. The first-order valence-electron chi connectivity index (χ1n) is 6.06. The highest BCUT2D eigenvalue weighted by molar-refractivity contribution is 7.85. The van der Waals surface area contributed by atoms with E-state index in [4.69, 9.17) is 0 Å². The molecule has 0 radical (unpaired) electrons. The predicted octanol–water partition coefficient (Wildman–Crippen LogP) is 0.706. The van der Waals surface area contributed by atoms with Crippen LogP contribution >= 0.6 is 0 Å². The third kappa shape index (κ3) is 8.22. The van der Waals surface area contributed by atoms with Crippen molar-refractivity contribution in [3.8, 4) is 0 Å². The lowest BCUT2D eigenvalue weighted by atomic mass is 10.1. The first kappa shape index (κ1) is 17.1. The van der Waals surface area contributed by atoms with E-state index in [1.54, 1.807) is 6.92 Å². The largest absolute Gasteiger partial charge is 0.469 e. The summed E-state index contributed by atoms with van der Waals surface area (Å²) in [5.41, 5.74) is 0. The smallest absolute Gasteiger partial charge is 0.309 e. The van der Waals surface area contributed by atoms with Crippen LogP contribution in [0.3, 0.4) is 0 Å². The van der Waals surface area contributed by atoms with Crippen molar-refractivity contribution in [3.63, 3.8) is 0 Å². The summed E-state index contributed by atoms with van der Waals surface area (Å²) < 4.78 is 16.2. The van der Waals surface area contributed by atoms with Crippen LogP contribution in [0, 0.1) is 11.8 Å². The zero-order valence-electron chi connectivity index (χ0n) is 11.5. The van der Waals surface area contributed by atoms with Crippen molar-refractivity contribution in [1.82, 2.24) is 5.32 Å². The van der Waals surface area contributed by atoms with Gasteiger partial charge in [0.2, 0.25) is 5.91 Å².